The topological polar surface area (TPSA) is 33.6 Å². The van der Waals surface area contributed by atoms with Gasteiger partial charge in [0.1, 0.15) is 5.82 Å². The summed E-state index contributed by atoms with van der Waals surface area (Å²) in [7, 11) is 0. The minimum absolute atomic E-state index is 0.279. The first-order valence-corrected chi connectivity index (χ1v) is 6.86. The van der Waals surface area contributed by atoms with Gasteiger partial charge in [-0.15, -0.1) is 0 Å². The minimum Gasteiger partial charge on any atom is -0.329 e. The predicted molar refractivity (Wildman–Crippen MR) is 78.9 cm³/mol. The Bertz CT molecular complexity index is 843. The predicted octanol–water partition coefficient (Wildman–Crippen LogP) is 4.64. The number of hydrogen-bond acceptors (Lipinski definition) is 2. The molecule has 0 saturated heterocycles. The van der Waals surface area contributed by atoms with Gasteiger partial charge in [0.15, 0.2) is 10.4 Å². The van der Waals surface area contributed by atoms with Crippen molar-refractivity contribution in [1.29, 1.82) is 0 Å². The van der Waals surface area contributed by atoms with Crippen LogP contribution in [0.3, 0.4) is 0 Å². The molecule has 96 valence electrons. The number of nitrogens with zero attached hydrogens (tertiary/aromatic N) is 2. The van der Waals surface area contributed by atoms with E-state index in [1.165, 1.54) is 12.1 Å². The molecule has 3 nitrogen and oxygen atoms in total. The number of halogens is 3. The van der Waals surface area contributed by atoms with Gasteiger partial charge in [-0.2, -0.15) is 0 Å². The molecule has 19 heavy (non-hydrogen) atoms. The van der Waals surface area contributed by atoms with E-state index in [0.717, 1.165) is 9.99 Å². The molecule has 2 heterocycles. The summed E-state index contributed by atoms with van der Waals surface area (Å²) in [5.41, 5.74) is 2.01. The van der Waals surface area contributed by atoms with E-state index >= 15 is 0 Å². The van der Waals surface area contributed by atoms with Crippen LogP contribution in [-0.4, -0.2) is 14.5 Å². The summed E-state index contributed by atoms with van der Waals surface area (Å²) in [5, 5.41) is 0.279. The summed E-state index contributed by atoms with van der Waals surface area (Å²) in [6.07, 6.45) is 1.67. The van der Waals surface area contributed by atoms with Crippen LogP contribution >= 0.6 is 39.7 Å². The Morgan fingerprint density at radius 3 is 2.89 bits per heavy atom. The number of nitrogens with one attached hydrogen (secondary N) is 1. The molecule has 0 spiro atoms. The normalized spacial score (nSPS) is 11.1. The van der Waals surface area contributed by atoms with Gasteiger partial charge in [0.05, 0.1) is 16.2 Å². The van der Waals surface area contributed by atoms with Crippen molar-refractivity contribution in [1.82, 2.24) is 14.5 Å². The lowest BCUT2D eigenvalue weighted by molar-refractivity contribution is 0.627. The monoisotopic (exact) mass is 357 g/mol. The van der Waals surface area contributed by atoms with Gasteiger partial charge in [0.25, 0.3) is 0 Å². The van der Waals surface area contributed by atoms with Crippen molar-refractivity contribution in [2.45, 2.75) is 0 Å². The summed E-state index contributed by atoms with van der Waals surface area (Å²) < 4.78 is 16.1. The minimum atomic E-state index is -0.393. The zero-order valence-electron chi connectivity index (χ0n) is 9.32. The van der Waals surface area contributed by atoms with Gasteiger partial charge in [-0.05, 0) is 52.4 Å². The third-order valence-electron chi connectivity index (χ3n) is 2.64. The van der Waals surface area contributed by atoms with Crippen LogP contribution in [0.4, 0.5) is 4.39 Å². The summed E-state index contributed by atoms with van der Waals surface area (Å²) in [4.78, 5) is 7.35. The average molecular weight is 359 g/mol. The lowest BCUT2D eigenvalue weighted by Crippen LogP contribution is -1.97. The van der Waals surface area contributed by atoms with Gasteiger partial charge in [0, 0.05) is 10.7 Å². The summed E-state index contributed by atoms with van der Waals surface area (Å²) in [6.45, 7) is 0. The summed E-state index contributed by atoms with van der Waals surface area (Å²) in [6, 6.07) is 6.02. The molecule has 0 atom stereocenters. The molecule has 0 bridgehead atoms. The van der Waals surface area contributed by atoms with Crippen LogP contribution in [0, 0.1) is 10.6 Å². The second-order valence-corrected chi connectivity index (χ2v) is 5.60. The number of benzene rings is 1. The van der Waals surface area contributed by atoms with Crippen molar-refractivity contribution in [3.8, 4) is 5.69 Å². The molecule has 7 heteroatoms. The molecule has 0 unspecified atom stereocenters. The Hall–Kier alpha value is -1.24. The Morgan fingerprint density at radius 1 is 1.37 bits per heavy atom. The Morgan fingerprint density at radius 2 is 2.16 bits per heavy atom. The molecule has 0 aliphatic rings. The molecule has 0 radical (unpaired) electrons. The maximum absolute atomic E-state index is 13.1. The van der Waals surface area contributed by atoms with Gasteiger partial charge in [-0.3, -0.25) is 4.57 Å². The lowest BCUT2D eigenvalue weighted by atomic mass is 10.3. The molecule has 0 aliphatic heterocycles. The van der Waals surface area contributed by atoms with Crippen LogP contribution in [0.25, 0.3) is 16.9 Å². The molecular weight excluding hydrogens is 353 g/mol. The first kappa shape index (κ1) is 12.8. The lowest BCUT2D eigenvalue weighted by Gasteiger charge is -2.06. The molecule has 0 saturated carbocycles. The van der Waals surface area contributed by atoms with Gasteiger partial charge in [0.2, 0.25) is 0 Å². The summed E-state index contributed by atoms with van der Waals surface area (Å²) in [5.74, 6) is -0.393. The van der Waals surface area contributed by atoms with Crippen LogP contribution in [0.5, 0.6) is 0 Å². The third-order valence-corrected chi connectivity index (χ3v) is 3.66. The van der Waals surface area contributed by atoms with Gasteiger partial charge < -0.3 is 4.98 Å². The highest BCUT2D eigenvalue weighted by molar-refractivity contribution is 9.10. The Balaban J connectivity index is 2.36. The molecule has 1 N–H and O–H groups in total. The molecule has 0 fully saturated rings. The molecule has 2 aromatic heterocycles. The molecule has 3 aromatic rings. The van der Waals surface area contributed by atoms with E-state index in [0.29, 0.717) is 16.1 Å². The Kier molecular flexibility index (Phi) is 3.16. The Labute approximate surface area is 126 Å². The van der Waals surface area contributed by atoms with Crippen LogP contribution in [-0.2, 0) is 0 Å². The van der Waals surface area contributed by atoms with Crippen LogP contribution in [0.1, 0.15) is 0 Å². The van der Waals surface area contributed by atoms with Crippen molar-refractivity contribution in [3.05, 3.63) is 50.5 Å². The van der Waals surface area contributed by atoms with Crippen LogP contribution in [0.2, 0.25) is 5.02 Å². The van der Waals surface area contributed by atoms with Gasteiger partial charge >= 0.3 is 0 Å². The van der Waals surface area contributed by atoms with E-state index in [1.54, 1.807) is 16.8 Å². The van der Waals surface area contributed by atoms with Crippen molar-refractivity contribution in [2.75, 3.05) is 0 Å². The summed E-state index contributed by atoms with van der Waals surface area (Å²) >= 11 is 14.7. The first-order valence-electron chi connectivity index (χ1n) is 5.28. The van der Waals surface area contributed by atoms with Gasteiger partial charge in [-0.25, -0.2) is 9.37 Å². The molecule has 3 rings (SSSR count). The fourth-order valence-corrected chi connectivity index (χ4v) is 2.73. The van der Waals surface area contributed by atoms with E-state index in [-0.39, 0.29) is 5.02 Å². The van der Waals surface area contributed by atoms with Crippen molar-refractivity contribution < 1.29 is 4.39 Å². The first-order chi connectivity index (χ1) is 9.06. The highest BCUT2D eigenvalue weighted by atomic mass is 79.9. The molecule has 0 aliphatic carbocycles. The zero-order valence-corrected chi connectivity index (χ0v) is 12.5. The van der Waals surface area contributed by atoms with E-state index < -0.39 is 5.82 Å². The number of pyridine rings is 1. The highest BCUT2D eigenvalue weighted by Crippen LogP contribution is 2.26. The SMILES string of the molecule is Fc1ccc(-n2c(=S)[nH]c3cc(Br)cnc32)c(Cl)c1. The largest absolute Gasteiger partial charge is 0.329 e. The van der Waals surface area contributed by atoms with Crippen molar-refractivity contribution in [3.63, 3.8) is 0 Å². The quantitative estimate of drug-likeness (QED) is 0.643. The van der Waals surface area contributed by atoms with E-state index in [1.807, 2.05) is 6.07 Å². The fourth-order valence-electron chi connectivity index (χ4n) is 1.86. The smallest absolute Gasteiger partial charge is 0.184 e. The second-order valence-electron chi connectivity index (χ2n) is 3.89. The molecule has 1 aromatic carbocycles. The number of imidazole rings is 1. The maximum atomic E-state index is 13.1. The van der Waals surface area contributed by atoms with Crippen molar-refractivity contribution >= 4 is 50.9 Å². The van der Waals surface area contributed by atoms with Crippen molar-refractivity contribution in [2.24, 2.45) is 0 Å². The number of fused-ring (bicyclic) bond motifs is 1. The average Bonchev–Trinajstić information content (AvgIpc) is 2.65. The second kappa shape index (κ2) is 4.70. The van der Waals surface area contributed by atoms with E-state index in [9.17, 15) is 4.39 Å². The fraction of sp³-hybridized carbons (Fsp3) is 0. The number of aromatic nitrogens is 3. The van der Waals surface area contributed by atoms with Gasteiger partial charge in [-0.1, -0.05) is 11.6 Å². The third kappa shape index (κ3) is 2.20. The maximum Gasteiger partial charge on any atom is 0.184 e. The van der Waals surface area contributed by atoms with E-state index in [4.69, 9.17) is 23.8 Å². The van der Waals surface area contributed by atoms with Crippen LogP contribution in [0.15, 0.2) is 34.9 Å². The molecule has 0 amide bonds. The number of H-pyrrole nitrogens is 1. The standard InChI is InChI=1S/C12H6BrClFN3S/c13-6-3-9-11(16-5-6)18(12(19)17-9)10-2-1-7(15)4-8(10)14/h1-5H,(H,17,19). The highest BCUT2D eigenvalue weighted by Gasteiger charge is 2.11. The zero-order chi connectivity index (χ0) is 13.6. The number of aromatic amines is 1. The molecular formula is C12H6BrClFN3S. The number of hydrogen-bond donors (Lipinski definition) is 1. The number of rotatable bonds is 1. The van der Waals surface area contributed by atoms with Crippen LogP contribution < -0.4 is 0 Å². The van der Waals surface area contributed by atoms with E-state index in [2.05, 4.69) is 25.9 Å².